The van der Waals surface area contributed by atoms with Crippen LogP contribution in [0.4, 0.5) is 4.79 Å². The summed E-state index contributed by atoms with van der Waals surface area (Å²) in [5.41, 5.74) is 0.783. The van der Waals surface area contributed by atoms with Gasteiger partial charge in [0.15, 0.2) is 6.61 Å². The maximum absolute atomic E-state index is 11.8. The number of ether oxygens (including phenoxy) is 1. The Hall–Kier alpha value is -3.62. The van der Waals surface area contributed by atoms with E-state index in [1.807, 2.05) is 0 Å². The molecule has 3 amide bonds. The van der Waals surface area contributed by atoms with Crippen LogP contribution < -0.4 is 15.4 Å². The third-order valence-electron chi connectivity index (χ3n) is 3.95. The molecule has 3 rings (SSSR count). The molecule has 0 unspecified atom stereocenters. The number of amides is 3. The number of aromatic nitrogens is 2. The Kier molecular flexibility index (Phi) is 6.99. The second-order valence-electron chi connectivity index (χ2n) is 6.24. The highest BCUT2D eigenvalue weighted by Gasteiger charge is 2.11. The molecular weight excluding hydrogens is 376 g/mol. The number of carbonyl (C=O) groups excluding carboxylic acids is 2. The van der Waals surface area contributed by atoms with Gasteiger partial charge >= 0.3 is 6.03 Å². The predicted molar refractivity (Wildman–Crippen MR) is 103 cm³/mol. The molecular formula is C20H22N4O5. The molecule has 0 aliphatic rings. The van der Waals surface area contributed by atoms with Crippen molar-refractivity contribution in [3.63, 3.8) is 0 Å². The first-order valence-corrected chi connectivity index (χ1v) is 9.30. The third-order valence-corrected chi connectivity index (χ3v) is 3.95. The minimum Gasteiger partial charge on any atom is -0.484 e. The zero-order chi connectivity index (χ0) is 20.5. The second kappa shape index (κ2) is 10.1. The van der Waals surface area contributed by atoms with Gasteiger partial charge in [0.05, 0.1) is 12.8 Å². The van der Waals surface area contributed by atoms with Crippen LogP contribution >= 0.6 is 0 Å². The summed E-state index contributed by atoms with van der Waals surface area (Å²) in [5.74, 6) is 1.63. The van der Waals surface area contributed by atoms with Crippen molar-refractivity contribution in [2.24, 2.45) is 0 Å². The predicted octanol–water partition coefficient (Wildman–Crippen LogP) is 3.08. The maximum atomic E-state index is 11.8. The number of furan rings is 1. The molecule has 9 heteroatoms. The summed E-state index contributed by atoms with van der Waals surface area (Å²) >= 11 is 0. The molecule has 0 bridgehead atoms. The van der Waals surface area contributed by atoms with Gasteiger partial charge in [-0.05, 0) is 42.8 Å². The van der Waals surface area contributed by atoms with Crippen molar-refractivity contribution in [1.29, 1.82) is 0 Å². The lowest BCUT2D eigenvalue weighted by molar-refractivity contribution is -0.122. The van der Waals surface area contributed by atoms with E-state index >= 15 is 0 Å². The summed E-state index contributed by atoms with van der Waals surface area (Å²) in [7, 11) is 0. The van der Waals surface area contributed by atoms with Gasteiger partial charge in [-0.15, -0.1) is 0 Å². The standard InChI is InChI=1S/C20H22N4O5/c1-2-3-6-18-23-19(24-29-18)14-7-9-15(10-8-14)28-13-17(25)22-20(26)21-12-16-5-4-11-27-16/h4-5,7-11H,2-3,6,12-13H2,1H3,(H2,21,22,25,26). The molecule has 3 aromatic rings. The fraction of sp³-hybridized carbons (Fsp3) is 0.300. The van der Waals surface area contributed by atoms with E-state index in [-0.39, 0.29) is 13.2 Å². The summed E-state index contributed by atoms with van der Waals surface area (Å²) in [6.45, 7) is 1.99. The number of nitrogens with one attached hydrogen (secondary N) is 2. The molecule has 0 fully saturated rings. The highest BCUT2D eigenvalue weighted by Crippen LogP contribution is 2.20. The van der Waals surface area contributed by atoms with E-state index in [1.54, 1.807) is 36.4 Å². The van der Waals surface area contributed by atoms with Crippen molar-refractivity contribution < 1.29 is 23.3 Å². The van der Waals surface area contributed by atoms with Gasteiger partial charge in [0, 0.05) is 12.0 Å². The van der Waals surface area contributed by atoms with Crippen molar-refractivity contribution in [2.45, 2.75) is 32.7 Å². The van der Waals surface area contributed by atoms with E-state index in [0.29, 0.717) is 23.2 Å². The molecule has 2 heterocycles. The monoisotopic (exact) mass is 398 g/mol. The quantitative estimate of drug-likeness (QED) is 0.568. The Morgan fingerprint density at radius 3 is 2.72 bits per heavy atom. The molecule has 2 N–H and O–H groups in total. The van der Waals surface area contributed by atoms with Gasteiger partial charge in [-0.1, -0.05) is 18.5 Å². The molecule has 0 aliphatic carbocycles. The number of hydrogen-bond acceptors (Lipinski definition) is 7. The Morgan fingerprint density at radius 1 is 1.17 bits per heavy atom. The van der Waals surface area contributed by atoms with Crippen LogP contribution in [0.25, 0.3) is 11.4 Å². The van der Waals surface area contributed by atoms with E-state index in [1.165, 1.54) is 6.26 Å². The minimum atomic E-state index is -0.624. The average Bonchev–Trinajstić information content (AvgIpc) is 3.41. The van der Waals surface area contributed by atoms with Crippen molar-refractivity contribution in [2.75, 3.05) is 6.61 Å². The van der Waals surface area contributed by atoms with Crippen molar-refractivity contribution >= 4 is 11.9 Å². The number of unbranched alkanes of at least 4 members (excludes halogenated alkanes) is 1. The van der Waals surface area contributed by atoms with Crippen molar-refractivity contribution in [3.8, 4) is 17.1 Å². The lowest BCUT2D eigenvalue weighted by Crippen LogP contribution is -2.41. The molecule has 0 saturated heterocycles. The first-order chi connectivity index (χ1) is 14.1. The van der Waals surface area contributed by atoms with Gasteiger partial charge in [-0.2, -0.15) is 4.98 Å². The van der Waals surface area contributed by atoms with E-state index in [4.69, 9.17) is 13.7 Å². The fourth-order valence-electron chi connectivity index (χ4n) is 2.44. The molecule has 0 atom stereocenters. The minimum absolute atomic E-state index is 0.185. The number of urea groups is 1. The number of rotatable bonds is 9. The molecule has 0 spiro atoms. The zero-order valence-electron chi connectivity index (χ0n) is 16.0. The Balaban J connectivity index is 1.42. The average molecular weight is 398 g/mol. The van der Waals surface area contributed by atoms with Gasteiger partial charge in [-0.3, -0.25) is 10.1 Å². The van der Waals surface area contributed by atoms with Crippen LogP contribution in [-0.2, 0) is 17.8 Å². The number of nitrogens with zero attached hydrogens (tertiary/aromatic N) is 2. The molecule has 9 nitrogen and oxygen atoms in total. The van der Waals surface area contributed by atoms with Crippen molar-refractivity contribution in [3.05, 3.63) is 54.3 Å². The number of hydrogen-bond donors (Lipinski definition) is 2. The molecule has 1 aromatic carbocycles. The van der Waals surface area contributed by atoms with Gasteiger partial charge in [0.25, 0.3) is 5.91 Å². The molecule has 0 saturated carbocycles. The Morgan fingerprint density at radius 2 is 2.00 bits per heavy atom. The van der Waals surface area contributed by atoms with Gasteiger partial charge in [-0.25, -0.2) is 4.79 Å². The Bertz CT molecular complexity index is 919. The van der Waals surface area contributed by atoms with E-state index in [2.05, 4.69) is 27.7 Å². The van der Waals surface area contributed by atoms with Gasteiger partial charge < -0.3 is 19.0 Å². The smallest absolute Gasteiger partial charge is 0.321 e. The summed E-state index contributed by atoms with van der Waals surface area (Å²) in [4.78, 5) is 27.8. The van der Waals surface area contributed by atoms with Crippen LogP contribution in [0.5, 0.6) is 5.75 Å². The van der Waals surface area contributed by atoms with E-state index in [9.17, 15) is 9.59 Å². The van der Waals surface area contributed by atoms with E-state index in [0.717, 1.165) is 24.8 Å². The zero-order valence-corrected chi connectivity index (χ0v) is 16.0. The normalized spacial score (nSPS) is 10.5. The highest BCUT2D eigenvalue weighted by molar-refractivity contribution is 5.94. The fourth-order valence-corrected chi connectivity index (χ4v) is 2.44. The Labute approximate surface area is 167 Å². The van der Waals surface area contributed by atoms with Crippen LogP contribution in [0.15, 0.2) is 51.6 Å². The maximum Gasteiger partial charge on any atom is 0.321 e. The van der Waals surface area contributed by atoms with Crippen LogP contribution in [0, 0.1) is 0 Å². The summed E-state index contributed by atoms with van der Waals surface area (Å²) < 4.78 is 15.7. The van der Waals surface area contributed by atoms with E-state index < -0.39 is 11.9 Å². The van der Waals surface area contributed by atoms with Crippen LogP contribution in [0.1, 0.15) is 31.4 Å². The number of carbonyl (C=O) groups is 2. The lowest BCUT2D eigenvalue weighted by Gasteiger charge is -2.07. The van der Waals surface area contributed by atoms with Crippen LogP contribution in [0.2, 0.25) is 0 Å². The lowest BCUT2D eigenvalue weighted by atomic mass is 10.2. The summed E-state index contributed by atoms with van der Waals surface area (Å²) in [6.07, 6.45) is 4.32. The summed E-state index contributed by atoms with van der Waals surface area (Å²) in [5, 5.41) is 8.66. The third kappa shape index (κ3) is 6.20. The molecule has 0 radical (unpaired) electrons. The number of aryl methyl sites for hydroxylation is 1. The first-order valence-electron chi connectivity index (χ1n) is 9.30. The second-order valence-corrected chi connectivity index (χ2v) is 6.24. The molecule has 152 valence electrons. The van der Waals surface area contributed by atoms with Gasteiger partial charge in [0.1, 0.15) is 11.5 Å². The van der Waals surface area contributed by atoms with Crippen LogP contribution in [0.3, 0.4) is 0 Å². The van der Waals surface area contributed by atoms with Gasteiger partial charge in [0.2, 0.25) is 11.7 Å². The molecule has 29 heavy (non-hydrogen) atoms. The number of benzene rings is 1. The highest BCUT2D eigenvalue weighted by atomic mass is 16.5. The summed E-state index contributed by atoms with van der Waals surface area (Å²) in [6, 6.07) is 9.75. The largest absolute Gasteiger partial charge is 0.484 e. The topological polar surface area (TPSA) is 119 Å². The first kappa shape index (κ1) is 20.1. The van der Waals surface area contributed by atoms with Crippen molar-refractivity contribution in [1.82, 2.24) is 20.8 Å². The SMILES string of the molecule is CCCCc1nc(-c2ccc(OCC(=O)NC(=O)NCc3ccco3)cc2)no1. The van der Waals surface area contributed by atoms with Crippen LogP contribution in [-0.4, -0.2) is 28.7 Å². The molecule has 0 aliphatic heterocycles. The number of imide groups is 1. The molecule has 2 aromatic heterocycles.